The van der Waals surface area contributed by atoms with Crippen LogP contribution in [0.5, 0.6) is 5.75 Å². The zero-order valence-electron chi connectivity index (χ0n) is 15.5. The second-order valence-electron chi connectivity index (χ2n) is 6.43. The number of nitrogens with one attached hydrogen (secondary N) is 1. The van der Waals surface area contributed by atoms with Crippen LogP contribution < -0.4 is 10.1 Å². The van der Waals surface area contributed by atoms with Crippen molar-refractivity contribution in [3.05, 3.63) is 93.6 Å². The predicted octanol–water partition coefficient (Wildman–Crippen LogP) is 6.10. The van der Waals surface area contributed by atoms with Crippen molar-refractivity contribution in [1.29, 1.82) is 0 Å². The molecule has 0 bridgehead atoms. The summed E-state index contributed by atoms with van der Waals surface area (Å²) in [5.41, 5.74) is 1.22. The summed E-state index contributed by atoms with van der Waals surface area (Å²) in [6, 6.07) is 20.7. The summed E-state index contributed by atoms with van der Waals surface area (Å²) < 4.78 is 12.2. The van der Waals surface area contributed by atoms with E-state index in [9.17, 15) is 9.59 Å². The van der Waals surface area contributed by atoms with Gasteiger partial charge in [0.05, 0.1) is 5.69 Å². The number of carbonyl (C=O) groups is 2. The van der Waals surface area contributed by atoms with E-state index in [1.165, 1.54) is 0 Å². The Morgan fingerprint density at radius 3 is 2.40 bits per heavy atom. The van der Waals surface area contributed by atoms with Crippen molar-refractivity contribution < 1.29 is 18.7 Å². The zero-order chi connectivity index (χ0) is 21.1. The van der Waals surface area contributed by atoms with Crippen LogP contribution in [-0.2, 0) is 4.79 Å². The largest absolute Gasteiger partial charge is 0.484 e. The van der Waals surface area contributed by atoms with Gasteiger partial charge in [-0.15, -0.1) is 0 Å². The minimum atomic E-state index is -0.408. The first-order valence-corrected chi connectivity index (χ1v) is 10.2. The van der Waals surface area contributed by atoms with Gasteiger partial charge < -0.3 is 14.5 Å². The highest BCUT2D eigenvalue weighted by atomic mass is 79.9. The average molecular weight is 485 g/mol. The molecule has 4 aromatic rings. The lowest BCUT2D eigenvalue weighted by Gasteiger charge is -2.08. The molecule has 30 heavy (non-hydrogen) atoms. The third-order valence-electron chi connectivity index (χ3n) is 4.36. The molecule has 0 aliphatic heterocycles. The van der Waals surface area contributed by atoms with Crippen LogP contribution in [-0.4, -0.2) is 18.3 Å². The number of carbonyl (C=O) groups excluding carboxylic acids is 2. The van der Waals surface area contributed by atoms with Crippen molar-refractivity contribution in [2.45, 2.75) is 0 Å². The number of benzene rings is 3. The van der Waals surface area contributed by atoms with E-state index in [0.29, 0.717) is 33.0 Å². The number of ether oxygens (including phenoxy) is 1. The second kappa shape index (κ2) is 8.73. The molecule has 0 aliphatic carbocycles. The maximum Gasteiger partial charge on any atom is 0.262 e. The zero-order valence-corrected chi connectivity index (χ0v) is 17.9. The minimum Gasteiger partial charge on any atom is -0.484 e. The van der Waals surface area contributed by atoms with Gasteiger partial charge in [0.2, 0.25) is 5.78 Å². The average Bonchev–Trinajstić information content (AvgIpc) is 3.12. The molecule has 0 radical (unpaired) electrons. The molecule has 3 aromatic carbocycles. The molecule has 5 nitrogen and oxygen atoms in total. The standard InChI is InChI=1S/C23H15BrClNO4/c24-15-7-11-17(12-8-15)29-13-20(27)26-21-18-3-1-2-4-19(18)30-23(21)22(28)14-5-9-16(25)10-6-14/h1-12H,13H2,(H,26,27). The van der Waals surface area contributed by atoms with Crippen molar-refractivity contribution in [3.8, 4) is 5.75 Å². The molecule has 0 saturated heterocycles. The summed E-state index contributed by atoms with van der Waals surface area (Å²) in [6.45, 7) is -0.213. The number of hydrogen-bond acceptors (Lipinski definition) is 4. The Morgan fingerprint density at radius 1 is 0.967 bits per heavy atom. The van der Waals surface area contributed by atoms with Crippen molar-refractivity contribution in [2.75, 3.05) is 11.9 Å². The van der Waals surface area contributed by atoms with Gasteiger partial charge in [-0.05, 0) is 60.7 Å². The van der Waals surface area contributed by atoms with Crippen molar-refractivity contribution in [1.82, 2.24) is 0 Å². The number of ketones is 1. The van der Waals surface area contributed by atoms with Crippen LogP contribution in [0.4, 0.5) is 5.69 Å². The Bertz CT molecular complexity index is 1220. The molecule has 4 rings (SSSR count). The molecule has 0 aliphatic rings. The molecule has 0 fully saturated rings. The van der Waals surface area contributed by atoms with Crippen LogP contribution in [0.2, 0.25) is 5.02 Å². The first-order valence-electron chi connectivity index (χ1n) is 9.01. The van der Waals surface area contributed by atoms with Gasteiger partial charge in [-0.25, -0.2) is 0 Å². The summed E-state index contributed by atoms with van der Waals surface area (Å²) >= 11 is 9.26. The van der Waals surface area contributed by atoms with Crippen LogP contribution in [0.25, 0.3) is 11.0 Å². The molecule has 1 heterocycles. The van der Waals surface area contributed by atoms with Gasteiger partial charge >= 0.3 is 0 Å². The van der Waals surface area contributed by atoms with E-state index < -0.39 is 5.91 Å². The summed E-state index contributed by atoms with van der Waals surface area (Å²) in [4.78, 5) is 25.6. The summed E-state index contributed by atoms with van der Waals surface area (Å²) in [5.74, 6) is -0.153. The second-order valence-corrected chi connectivity index (χ2v) is 7.78. The Kier molecular flexibility index (Phi) is 5.88. The molecule has 1 aromatic heterocycles. The number of anilines is 1. The number of fused-ring (bicyclic) bond motifs is 1. The molecule has 1 N–H and O–H groups in total. The highest BCUT2D eigenvalue weighted by molar-refractivity contribution is 9.10. The third kappa shape index (κ3) is 4.40. The van der Waals surface area contributed by atoms with Gasteiger partial charge in [0.1, 0.15) is 11.3 Å². The highest BCUT2D eigenvalue weighted by Gasteiger charge is 2.23. The predicted molar refractivity (Wildman–Crippen MR) is 119 cm³/mol. The third-order valence-corrected chi connectivity index (χ3v) is 5.14. The lowest BCUT2D eigenvalue weighted by atomic mass is 10.1. The van der Waals surface area contributed by atoms with E-state index in [1.807, 2.05) is 18.2 Å². The maximum atomic E-state index is 13.0. The van der Waals surface area contributed by atoms with Crippen molar-refractivity contribution >= 4 is 55.9 Å². The first-order chi connectivity index (χ1) is 14.5. The topological polar surface area (TPSA) is 68.5 Å². The molecule has 0 atom stereocenters. The molecule has 7 heteroatoms. The Balaban J connectivity index is 1.59. The van der Waals surface area contributed by atoms with E-state index in [-0.39, 0.29) is 18.2 Å². The van der Waals surface area contributed by atoms with Crippen LogP contribution in [0, 0.1) is 0 Å². The van der Waals surface area contributed by atoms with Crippen LogP contribution in [0.15, 0.2) is 81.7 Å². The number of amides is 1. The van der Waals surface area contributed by atoms with E-state index in [4.69, 9.17) is 20.8 Å². The van der Waals surface area contributed by atoms with Gasteiger partial charge in [0.25, 0.3) is 5.91 Å². The first kappa shape index (κ1) is 20.2. The molecule has 0 saturated carbocycles. The quantitative estimate of drug-likeness (QED) is 0.336. The summed E-state index contributed by atoms with van der Waals surface area (Å²) in [7, 11) is 0. The van der Waals surface area contributed by atoms with Crippen LogP contribution in [0.3, 0.4) is 0 Å². The number of para-hydroxylation sites is 1. The lowest BCUT2D eigenvalue weighted by Crippen LogP contribution is -2.21. The van der Waals surface area contributed by atoms with Crippen molar-refractivity contribution in [3.63, 3.8) is 0 Å². The smallest absolute Gasteiger partial charge is 0.262 e. The van der Waals surface area contributed by atoms with Gasteiger partial charge in [0, 0.05) is 20.4 Å². The lowest BCUT2D eigenvalue weighted by molar-refractivity contribution is -0.118. The maximum absolute atomic E-state index is 13.0. The Morgan fingerprint density at radius 2 is 1.67 bits per heavy atom. The minimum absolute atomic E-state index is 0.0514. The Hall–Kier alpha value is -3.09. The van der Waals surface area contributed by atoms with Gasteiger partial charge in [0.15, 0.2) is 12.4 Å². The SMILES string of the molecule is O=C(COc1ccc(Br)cc1)Nc1c(C(=O)c2ccc(Cl)cc2)oc2ccccc12. The van der Waals surface area contributed by atoms with Crippen LogP contribution >= 0.6 is 27.5 Å². The molecular weight excluding hydrogens is 470 g/mol. The van der Waals surface area contributed by atoms with Crippen LogP contribution in [0.1, 0.15) is 16.1 Å². The molecule has 0 spiro atoms. The van der Waals surface area contributed by atoms with E-state index >= 15 is 0 Å². The van der Waals surface area contributed by atoms with Gasteiger partial charge in [-0.1, -0.05) is 39.7 Å². The van der Waals surface area contributed by atoms with Crippen molar-refractivity contribution in [2.24, 2.45) is 0 Å². The molecule has 0 unspecified atom stereocenters. The number of hydrogen-bond donors (Lipinski definition) is 1. The fraction of sp³-hybridized carbons (Fsp3) is 0.0435. The fourth-order valence-electron chi connectivity index (χ4n) is 2.92. The fourth-order valence-corrected chi connectivity index (χ4v) is 3.31. The van der Waals surface area contributed by atoms with E-state index in [2.05, 4.69) is 21.2 Å². The Labute approximate surface area is 185 Å². The highest BCUT2D eigenvalue weighted by Crippen LogP contribution is 2.32. The molecule has 1 amide bonds. The van der Waals surface area contributed by atoms with E-state index in [1.54, 1.807) is 54.6 Å². The molecular formula is C23H15BrClNO4. The summed E-state index contributed by atoms with van der Waals surface area (Å²) in [6.07, 6.45) is 0. The molecule has 150 valence electrons. The van der Waals surface area contributed by atoms with E-state index in [0.717, 1.165) is 4.47 Å². The van der Waals surface area contributed by atoms with Gasteiger partial charge in [-0.3, -0.25) is 9.59 Å². The normalized spacial score (nSPS) is 10.7. The number of rotatable bonds is 6. The van der Waals surface area contributed by atoms with Gasteiger partial charge in [-0.2, -0.15) is 0 Å². The summed E-state index contributed by atoms with van der Waals surface area (Å²) in [5, 5.41) is 3.92. The number of furan rings is 1. The number of halogens is 2. The monoisotopic (exact) mass is 483 g/mol.